The first-order valence-corrected chi connectivity index (χ1v) is 7.74. The summed E-state index contributed by atoms with van der Waals surface area (Å²) in [7, 11) is 3.14. The molecule has 0 aliphatic carbocycles. The molecule has 3 aromatic rings. The lowest BCUT2D eigenvalue weighted by Gasteiger charge is -2.14. The molecule has 6 nitrogen and oxygen atoms in total. The molecular weight excluding hydrogens is 318 g/mol. The van der Waals surface area contributed by atoms with Gasteiger partial charge in [-0.2, -0.15) is 0 Å². The minimum Gasteiger partial charge on any atom is -0.493 e. The highest BCUT2D eigenvalue weighted by molar-refractivity contribution is 6.04. The van der Waals surface area contributed by atoms with Crippen molar-refractivity contribution in [2.75, 3.05) is 19.5 Å². The monoisotopic (exact) mass is 337 g/mol. The number of nitrogens with zero attached hydrogens (tertiary/aromatic N) is 2. The Hall–Kier alpha value is -3.28. The van der Waals surface area contributed by atoms with E-state index >= 15 is 0 Å². The molecule has 1 heterocycles. The molecule has 0 unspecified atom stereocenters. The van der Waals surface area contributed by atoms with Gasteiger partial charge in [0.05, 0.1) is 20.5 Å². The van der Waals surface area contributed by atoms with Crippen LogP contribution in [-0.4, -0.2) is 29.7 Å². The third-order valence-electron chi connectivity index (χ3n) is 3.91. The van der Waals surface area contributed by atoms with Gasteiger partial charge in [0.15, 0.2) is 11.5 Å². The van der Waals surface area contributed by atoms with Crippen molar-refractivity contribution in [2.45, 2.75) is 6.92 Å². The number of hydrogen-bond acceptors (Lipinski definition) is 4. The fourth-order valence-electron chi connectivity index (χ4n) is 2.51. The second kappa shape index (κ2) is 7.09. The zero-order valence-corrected chi connectivity index (χ0v) is 14.3. The molecule has 0 saturated heterocycles. The Bertz CT molecular complexity index is 872. The van der Waals surface area contributed by atoms with Crippen molar-refractivity contribution < 1.29 is 14.3 Å². The van der Waals surface area contributed by atoms with E-state index in [0.717, 1.165) is 11.3 Å². The topological polar surface area (TPSA) is 65.4 Å². The lowest BCUT2D eigenvalue weighted by Crippen LogP contribution is -2.13. The van der Waals surface area contributed by atoms with E-state index in [4.69, 9.17) is 9.47 Å². The van der Waals surface area contributed by atoms with Gasteiger partial charge in [0.1, 0.15) is 0 Å². The first kappa shape index (κ1) is 16.6. The number of hydrogen-bond donors (Lipinski definition) is 1. The van der Waals surface area contributed by atoms with Gasteiger partial charge in [-0.3, -0.25) is 4.79 Å². The molecule has 0 spiro atoms. The van der Waals surface area contributed by atoms with Crippen LogP contribution in [0.25, 0.3) is 5.69 Å². The van der Waals surface area contributed by atoms with E-state index in [1.165, 1.54) is 0 Å². The summed E-state index contributed by atoms with van der Waals surface area (Å²) in [5, 5.41) is 2.91. The smallest absolute Gasteiger partial charge is 0.255 e. The Kier molecular flexibility index (Phi) is 4.70. The average Bonchev–Trinajstić information content (AvgIpc) is 3.17. The lowest BCUT2D eigenvalue weighted by atomic mass is 10.1. The number of carbonyl (C=O) groups is 1. The second-order valence-corrected chi connectivity index (χ2v) is 5.49. The predicted octanol–water partition coefficient (Wildman–Crippen LogP) is 3.45. The Morgan fingerprint density at radius 1 is 1.08 bits per heavy atom. The van der Waals surface area contributed by atoms with E-state index in [9.17, 15) is 4.79 Å². The van der Waals surface area contributed by atoms with E-state index in [1.54, 1.807) is 44.9 Å². The van der Waals surface area contributed by atoms with Gasteiger partial charge in [0.2, 0.25) is 0 Å². The number of ether oxygens (including phenoxy) is 2. The summed E-state index contributed by atoms with van der Waals surface area (Å²) >= 11 is 0. The SMILES string of the molecule is COc1cc(C)c(NC(=O)c2ccc(-n3ccnc3)cc2)cc1OC. The standard InChI is InChI=1S/C19H19N3O3/c1-13-10-17(24-2)18(25-3)11-16(13)21-19(23)14-4-6-15(7-5-14)22-9-8-20-12-22/h4-12H,1-3H3,(H,21,23). The number of methoxy groups -OCH3 is 2. The van der Waals surface area contributed by atoms with Gasteiger partial charge >= 0.3 is 0 Å². The number of amides is 1. The summed E-state index contributed by atoms with van der Waals surface area (Å²) in [6.07, 6.45) is 5.27. The fourth-order valence-corrected chi connectivity index (χ4v) is 2.51. The number of benzene rings is 2. The van der Waals surface area contributed by atoms with Gasteiger partial charge in [-0.15, -0.1) is 0 Å². The van der Waals surface area contributed by atoms with Crippen molar-refractivity contribution in [1.82, 2.24) is 9.55 Å². The summed E-state index contributed by atoms with van der Waals surface area (Å²) in [6.45, 7) is 1.90. The Morgan fingerprint density at radius 3 is 2.36 bits per heavy atom. The molecular formula is C19H19N3O3. The van der Waals surface area contributed by atoms with Gasteiger partial charge in [0.25, 0.3) is 5.91 Å². The molecule has 0 saturated carbocycles. The highest BCUT2D eigenvalue weighted by atomic mass is 16.5. The van der Waals surface area contributed by atoms with E-state index in [-0.39, 0.29) is 5.91 Å². The van der Waals surface area contributed by atoms with Crippen LogP contribution >= 0.6 is 0 Å². The average molecular weight is 337 g/mol. The molecule has 0 aliphatic heterocycles. The van der Waals surface area contributed by atoms with Gasteiger partial charge in [-0.1, -0.05) is 0 Å². The minimum absolute atomic E-state index is 0.187. The molecule has 1 N–H and O–H groups in total. The maximum absolute atomic E-state index is 12.5. The van der Waals surface area contributed by atoms with Crippen LogP contribution in [0, 0.1) is 6.92 Å². The van der Waals surface area contributed by atoms with Crippen molar-refractivity contribution in [2.24, 2.45) is 0 Å². The minimum atomic E-state index is -0.187. The highest BCUT2D eigenvalue weighted by Crippen LogP contribution is 2.33. The van der Waals surface area contributed by atoms with Crippen LogP contribution in [0.2, 0.25) is 0 Å². The molecule has 0 atom stereocenters. The summed E-state index contributed by atoms with van der Waals surface area (Å²) in [5.74, 6) is 1.01. The summed E-state index contributed by atoms with van der Waals surface area (Å²) < 4.78 is 12.4. The molecule has 1 amide bonds. The van der Waals surface area contributed by atoms with Crippen molar-refractivity contribution in [3.63, 3.8) is 0 Å². The van der Waals surface area contributed by atoms with E-state index in [0.29, 0.717) is 22.7 Å². The summed E-state index contributed by atoms with van der Waals surface area (Å²) in [6, 6.07) is 10.9. The predicted molar refractivity (Wildman–Crippen MR) is 95.8 cm³/mol. The normalized spacial score (nSPS) is 10.4. The number of rotatable bonds is 5. The molecule has 6 heteroatoms. The number of carbonyl (C=O) groups excluding carboxylic acids is 1. The molecule has 3 rings (SSSR count). The Labute approximate surface area is 146 Å². The Morgan fingerprint density at radius 2 is 1.76 bits per heavy atom. The van der Waals surface area contributed by atoms with Crippen molar-refractivity contribution in [3.8, 4) is 17.2 Å². The van der Waals surface area contributed by atoms with Crippen molar-refractivity contribution in [3.05, 3.63) is 66.2 Å². The van der Waals surface area contributed by atoms with Gasteiger partial charge in [-0.05, 0) is 42.8 Å². The number of anilines is 1. The Balaban J connectivity index is 1.80. The number of aryl methyl sites for hydroxylation is 1. The van der Waals surface area contributed by atoms with E-state index in [2.05, 4.69) is 10.3 Å². The largest absolute Gasteiger partial charge is 0.493 e. The summed E-state index contributed by atoms with van der Waals surface area (Å²) in [5.41, 5.74) is 3.08. The van der Waals surface area contributed by atoms with Crippen LogP contribution in [0.15, 0.2) is 55.1 Å². The van der Waals surface area contributed by atoms with E-state index in [1.807, 2.05) is 35.9 Å². The number of nitrogens with one attached hydrogen (secondary N) is 1. The molecule has 2 aromatic carbocycles. The maximum atomic E-state index is 12.5. The second-order valence-electron chi connectivity index (χ2n) is 5.49. The molecule has 0 aliphatic rings. The van der Waals surface area contributed by atoms with Crippen LogP contribution in [-0.2, 0) is 0 Å². The van der Waals surface area contributed by atoms with E-state index < -0.39 is 0 Å². The zero-order chi connectivity index (χ0) is 17.8. The quantitative estimate of drug-likeness (QED) is 0.774. The maximum Gasteiger partial charge on any atom is 0.255 e. The first-order chi connectivity index (χ1) is 12.1. The van der Waals surface area contributed by atoms with Crippen LogP contribution in [0.4, 0.5) is 5.69 Å². The van der Waals surface area contributed by atoms with Crippen molar-refractivity contribution >= 4 is 11.6 Å². The number of aromatic nitrogens is 2. The molecule has 25 heavy (non-hydrogen) atoms. The van der Waals surface area contributed by atoms with Crippen LogP contribution < -0.4 is 14.8 Å². The van der Waals surface area contributed by atoms with Crippen LogP contribution in [0.3, 0.4) is 0 Å². The van der Waals surface area contributed by atoms with Gasteiger partial charge < -0.3 is 19.4 Å². The lowest BCUT2D eigenvalue weighted by molar-refractivity contribution is 0.102. The fraction of sp³-hybridized carbons (Fsp3) is 0.158. The third kappa shape index (κ3) is 3.47. The molecule has 1 aromatic heterocycles. The molecule has 0 radical (unpaired) electrons. The van der Waals surface area contributed by atoms with Crippen LogP contribution in [0.5, 0.6) is 11.5 Å². The third-order valence-corrected chi connectivity index (χ3v) is 3.91. The summed E-state index contributed by atoms with van der Waals surface area (Å²) in [4.78, 5) is 16.5. The van der Waals surface area contributed by atoms with Crippen LogP contribution in [0.1, 0.15) is 15.9 Å². The molecule has 0 bridgehead atoms. The zero-order valence-electron chi connectivity index (χ0n) is 14.3. The molecule has 128 valence electrons. The number of imidazole rings is 1. The molecule has 0 fully saturated rings. The van der Waals surface area contributed by atoms with Gasteiger partial charge in [0, 0.05) is 35.4 Å². The van der Waals surface area contributed by atoms with Gasteiger partial charge in [-0.25, -0.2) is 4.98 Å². The highest BCUT2D eigenvalue weighted by Gasteiger charge is 2.12. The van der Waals surface area contributed by atoms with Crippen molar-refractivity contribution in [1.29, 1.82) is 0 Å². The first-order valence-electron chi connectivity index (χ1n) is 7.74.